The van der Waals surface area contributed by atoms with Crippen LogP contribution in [0.15, 0.2) is 18.2 Å². The van der Waals surface area contributed by atoms with Gasteiger partial charge in [-0.1, -0.05) is 0 Å². The minimum atomic E-state index is 0.283. The highest BCUT2D eigenvalue weighted by molar-refractivity contribution is 5.44. The number of nitrogens with zero attached hydrogens (tertiary/aromatic N) is 1. The van der Waals surface area contributed by atoms with Crippen LogP contribution in [-0.4, -0.2) is 43.3 Å². The first-order valence-electron chi connectivity index (χ1n) is 7.12. The third kappa shape index (κ3) is 2.55. The van der Waals surface area contributed by atoms with Crippen LogP contribution in [-0.2, 0) is 0 Å². The Hall–Kier alpha value is -1.26. The van der Waals surface area contributed by atoms with Crippen molar-refractivity contribution in [3.8, 4) is 11.5 Å². The fourth-order valence-electron chi connectivity index (χ4n) is 3.32. The van der Waals surface area contributed by atoms with Crippen molar-refractivity contribution in [2.45, 2.75) is 18.9 Å². The molecule has 1 saturated heterocycles. The van der Waals surface area contributed by atoms with E-state index in [2.05, 4.69) is 10.2 Å². The van der Waals surface area contributed by atoms with Crippen LogP contribution in [0.25, 0.3) is 0 Å². The molecule has 19 heavy (non-hydrogen) atoms. The lowest BCUT2D eigenvalue weighted by Crippen LogP contribution is -2.41. The summed E-state index contributed by atoms with van der Waals surface area (Å²) in [4.78, 5) is 2.54. The summed E-state index contributed by atoms with van der Waals surface area (Å²) in [5, 5.41) is 12.8. The quantitative estimate of drug-likeness (QED) is 0.871. The number of ether oxygens (including phenoxy) is 1. The van der Waals surface area contributed by atoms with Gasteiger partial charge in [-0.15, -0.1) is 0 Å². The SMILES string of the molecule is CNCC1CCCN(C2COc3cc(O)ccc32)C1. The first-order valence-corrected chi connectivity index (χ1v) is 7.12. The van der Waals surface area contributed by atoms with Gasteiger partial charge in [0.2, 0.25) is 0 Å². The third-order valence-electron chi connectivity index (χ3n) is 4.24. The van der Waals surface area contributed by atoms with Gasteiger partial charge in [-0.05, 0) is 51.0 Å². The second kappa shape index (κ2) is 5.39. The molecule has 1 fully saturated rings. The average Bonchev–Trinajstić information content (AvgIpc) is 2.82. The first kappa shape index (κ1) is 12.8. The zero-order valence-electron chi connectivity index (χ0n) is 11.4. The van der Waals surface area contributed by atoms with Gasteiger partial charge in [0.1, 0.15) is 18.1 Å². The Bertz CT molecular complexity index is 448. The first-order chi connectivity index (χ1) is 9.28. The number of phenolic OH excluding ortho intramolecular Hbond substituents is 1. The molecule has 0 aliphatic carbocycles. The number of rotatable bonds is 3. The van der Waals surface area contributed by atoms with Crippen LogP contribution in [0.5, 0.6) is 11.5 Å². The van der Waals surface area contributed by atoms with Crippen LogP contribution in [0.4, 0.5) is 0 Å². The highest BCUT2D eigenvalue weighted by Crippen LogP contribution is 2.39. The number of benzene rings is 1. The van der Waals surface area contributed by atoms with E-state index in [9.17, 15) is 5.11 Å². The molecule has 0 spiro atoms. The van der Waals surface area contributed by atoms with E-state index in [0.717, 1.165) is 31.3 Å². The fraction of sp³-hybridized carbons (Fsp3) is 0.600. The predicted molar refractivity (Wildman–Crippen MR) is 74.6 cm³/mol. The van der Waals surface area contributed by atoms with Crippen LogP contribution >= 0.6 is 0 Å². The highest BCUT2D eigenvalue weighted by atomic mass is 16.5. The molecule has 2 aliphatic rings. The third-order valence-corrected chi connectivity index (χ3v) is 4.24. The Morgan fingerprint density at radius 1 is 1.47 bits per heavy atom. The van der Waals surface area contributed by atoms with Crippen molar-refractivity contribution in [1.29, 1.82) is 0 Å². The van der Waals surface area contributed by atoms with Crippen molar-refractivity contribution in [3.05, 3.63) is 23.8 Å². The van der Waals surface area contributed by atoms with Gasteiger partial charge in [0, 0.05) is 18.2 Å². The van der Waals surface area contributed by atoms with E-state index in [-0.39, 0.29) is 5.75 Å². The van der Waals surface area contributed by atoms with Gasteiger partial charge in [0.05, 0.1) is 6.04 Å². The molecule has 4 nitrogen and oxygen atoms in total. The van der Waals surface area contributed by atoms with Crippen molar-refractivity contribution in [3.63, 3.8) is 0 Å². The molecule has 1 aromatic rings. The van der Waals surface area contributed by atoms with E-state index in [1.807, 2.05) is 13.1 Å². The number of fused-ring (bicyclic) bond motifs is 1. The van der Waals surface area contributed by atoms with Gasteiger partial charge >= 0.3 is 0 Å². The number of piperidine rings is 1. The molecule has 0 aromatic heterocycles. The van der Waals surface area contributed by atoms with Crippen LogP contribution in [0.3, 0.4) is 0 Å². The van der Waals surface area contributed by atoms with Crippen molar-refractivity contribution in [1.82, 2.24) is 10.2 Å². The lowest BCUT2D eigenvalue weighted by atomic mass is 9.95. The Balaban J connectivity index is 1.74. The molecule has 3 rings (SSSR count). The summed E-state index contributed by atoms with van der Waals surface area (Å²) in [5.41, 5.74) is 1.22. The van der Waals surface area contributed by atoms with E-state index >= 15 is 0 Å². The second-order valence-corrected chi connectivity index (χ2v) is 5.61. The monoisotopic (exact) mass is 262 g/mol. The molecule has 104 valence electrons. The van der Waals surface area contributed by atoms with E-state index < -0.39 is 0 Å². The standard InChI is InChI=1S/C15H22N2O2/c1-16-8-11-3-2-6-17(9-11)14-10-19-15-7-12(18)4-5-13(14)15/h4-5,7,11,14,16,18H,2-3,6,8-10H2,1H3. The number of nitrogens with one attached hydrogen (secondary N) is 1. The Morgan fingerprint density at radius 2 is 2.37 bits per heavy atom. The van der Waals surface area contributed by atoms with Crippen molar-refractivity contribution in [2.24, 2.45) is 5.92 Å². The topological polar surface area (TPSA) is 44.7 Å². The van der Waals surface area contributed by atoms with Gasteiger partial charge in [0.15, 0.2) is 0 Å². The molecule has 4 heteroatoms. The molecule has 2 heterocycles. The summed E-state index contributed by atoms with van der Waals surface area (Å²) in [6, 6.07) is 5.85. The molecule has 2 N–H and O–H groups in total. The lowest BCUT2D eigenvalue weighted by Gasteiger charge is -2.36. The van der Waals surface area contributed by atoms with E-state index in [1.165, 1.54) is 18.4 Å². The molecule has 0 amide bonds. The second-order valence-electron chi connectivity index (χ2n) is 5.61. The highest BCUT2D eigenvalue weighted by Gasteiger charge is 2.32. The van der Waals surface area contributed by atoms with Crippen LogP contribution in [0, 0.1) is 5.92 Å². The summed E-state index contributed by atoms with van der Waals surface area (Å²) in [6.45, 7) is 4.08. The Labute approximate surface area is 114 Å². The molecule has 0 radical (unpaired) electrons. The summed E-state index contributed by atoms with van der Waals surface area (Å²) < 4.78 is 5.72. The zero-order valence-corrected chi connectivity index (χ0v) is 11.4. The Morgan fingerprint density at radius 3 is 3.21 bits per heavy atom. The number of aromatic hydroxyl groups is 1. The van der Waals surface area contributed by atoms with Gasteiger partial charge in [-0.2, -0.15) is 0 Å². The molecule has 2 unspecified atom stereocenters. The number of hydrogen-bond donors (Lipinski definition) is 2. The van der Waals surface area contributed by atoms with Crippen LogP contribution < -0.4 is 10.1 Å². The largest absolute Gasteiger partial charge is 0.508 e. The molecule has 1 aromatic carbocycles. The summed E-state index contributed by atoms with van der Waals surface area (Å²) in [5.74, 6) is 1.87. The van der Waals surface area contributed by atoms with Crippen molar-refractivity contribution in [2.75, 3.05) is 33.3 Å². The predicted octanol–water partition coefficient (Wildman–Crippen LogP) is 1.76. The maximum Gasteiger partial charge on any atom is 0.127 e. The zero-order chi connectivity index (χ0) is 13.2. The van der Waals surface area contributed by atoms with Crippen molar-refractivity contribution < 1.29 is 9.84 Å². The smallest absolute Gasteiger partial charge is 0.127 e. The average molecular weight is 262 g/mol. The van der Waals surface area contributed by atoms with E-state index in [1.54, 1.807) is 12.1 Å². The number of phenols is 1. The van der Waals surface area contributed by atoms with Crippen molar-refractivity contribution >= 4 is 0 Å². The molecule has 2 atom stereocenters. The summed E-state index contributed by atoms with van der Waals surface area (Å²) in [6.07, 6.45) is 2.57. The molecular formula is C15H22N2O2. The maximum atomic E-state index is 9.50. The maximum absolute atomic E-state index is 9.50. The number of likely N-dealkylation sites (tertiary alicyclic amines) is 1. The molecule has 0 saturated carbocycles. The molecule has 2 aliphatic heterocycles. The van der Waals surface area contributed by atoms with Gasteiger partial charge < -0.3 is 15.2 Å². The minimum absolute atomic E-state index is 0.283. The fourth-order valence-corrected chi connectivity index (χ4v) is 3.32. The summed E-state index contributed by atoms with van der Waals surface area (Å²) in [7, 11) is 2.02. The van der Waals surface area contributed by atoms with E-state index in [4.69, 9.17) is 4.74 Å². The van der Waals surface area contributed by atoms with Crippen LogP contribution in [0.2, 0.25) is 0 Å². The molecular weight excluding hydrogens is 240 g/mol. The van der Waals surface area contributed by atoms with Gasteiger partial charge in [0.25, 0.3) is 0 Å². The lowest BCUT2D eigenvalue weighted by molar-refractivity contribution is 0.106. The Kier molecular flexibility index (Phi) is 3.62. The van der Waals surface area contributed by atoms with E-state index in [0.29, 0.717) is 12.6 Å². The molecule has 0 bridgehead atoms. The minimum Gasteiger partial charge on any atom is -0.508 e. The van der Waals surface area contributed by atoms with Gasteiger partial charge in [-0.25, -0.2) is 0 Å². The number of hydrogen-bond acceptors (Lipinski definition) is 4. The van der Waals surface area contributed by atoms with Crippen LogP contribution in [0.1, 0.15) is 24.4 Å². The van der Waals surface area contributed by atoms with Gasteiger partial charge in [-0.3, -0.25) is 4.90 Å². The summed E-state index contributed by atoms with van der Waals surface area (Å²) >= 11 is 0. The normalized spacial score (nSPS) is 27.0.